The molecule has 0 fully saturated rings. The van der Waals surface area contributed by atoms with Crippen LogP contribution in [0, 0.1) is 0 Å². The molecule has 168 valence electrons. The second kappa shape index (κ2) is 7.67. The molecule has 0 aliphatic rings. The van der Waals surface area contributed by atoms with Crippen LogP contribution in [0.1, 0.15) is 25.6 Å². The number of aromatic nitrogens is 2. The molecule has 6 rings (SSSR count). The quantitative estimate of drug-likeness (QED) is 0.181. The van der Waals surface area contributed by atoms with Crippen LogP contribution in [0.4, 0.5) is 0 Å². The third-order valence-corrected chi connectivity index (χ3v) is 11.0. The molecule has 0 radical (unpaired) electrons. The van der Waals surface area contributed by atoms with Crippen LogP contribution in [0.15, 0.2) is 77.2 Å². The fourth-order valence-electron chi connectivity index (χ4n) is 5.00. The zero-order valence-electron chi connectivity index (χ0n) is 20.3. The van der Waals surface area contributed by atoms with Gasteiger partial charge in [0.15, 0.2) is 0 Å². The molecule has 0 spiro atoms. The molecule has 0 saturated heterocycles. The van der Waals surface area contributed by atoms with Crippen molar-refractivity contribution in [1.82, 2.24) is 9.97 Å². The van der Waals surface area contributed by atoms with Crippen molar-refractivity contribution in [3.63, 3.8) is 0 Å². The molecule has 4 heteroatoms. The minimum atomic E-state index is -2.16. The summed E-state index contributed by atoms with van der Waals surface area (Å²) in [4.78, 5) is 10.3. The van der Waals surface area contributed by atoms with Gasteiger partial charge in [-0.2, -0.15) is 0 Å². The van der Waals surface area contributed by atoms with Gasteiger partial charge in [0.1, 0.15) is 0 Å². The summed E-state index contributed by atoms with van der Waals surface area (Å²) in [5, 5.41) is 5.90. The molecule has 2 aromatic heterocycles. The summed E-state index contributed by atoms with van der Waals surface area (Å²) in [6.07, 6.45) is 0. The van der Waals surface area contributed by atoms with Crippen molar-refractivity contribution >= 4 is 61.3 Å². The Hall–Kier alpha value is -3.18. The van der Waals surface area contributed by atoms with Gasteiger partial charge in [0.05, 0.1) is 0 Å². The van der Waals surface area contributed by atoms with E-state index in [0.717, 1.165) is 49.9 Å². The summed E-state index contributed by atoms with van der Waals surface area (Å²) in [5.41, 5.74) is 4.84. The molecule has 0 aliphatic heterocycles. The van der Waals surface area contributed by atoms with Crippen molar-refractivity contribution in [1.29, 1.82) is 0 Å². The Morgan fingerprint density at radius 1 is 0.735 bits per heavy atom. The van der Waals surface area contributed by atoms with Crippen molar-refractivity contribution in [2.45, 2.75) is 37.0 Å². The molecule has 34 heavy (non-hydrogen) atoms. The fourth-order valence-corrected chi connectivity index (χ4v) is 8.38. The van der Waals surface area contributed by atoms with Crippen LogP contribution in [0.3, 0.4) is 0 Å². The molecule has 6 aromatic rings. The van der Waals surface area contributed by atoms with E-state index in [1.165, 1.54) is 15.2 Å². The number of benzene rings is 4. The molecule has 0 aliphatic carbocycles. The van der Waals surface area contributed by atoms with Crippen LogP contribution < -0.4 is 4.40 Å². The zero-order chi connectivity index (χ0) is 23.6. The maximum absolute atomic E-state index is 6.40. The SMILES string of the molecule is CC(C)c1nc(-c2cccc3c2oc2ccccc23)c2ccc3ccc[c]([Ge]([CH3])([CH3])[CH3])c3c2n1. The van der Waals surface area contributed by atoms with E-state index in [4.69, 9.17) is 14.4 Å². The van der Waals surface area contributed by atoms with Crippen molar-refractivity contribution in [2.75, 3.05) is 0 Å². The molecular formula is C30H28GeN2O. The Balaban J connectivity index is 1.78. The van der Waals surface area contributed by atoms with Crippen LogP contribution in [-0.4, -0.2) is 23.2 Å². The van der Waals surface area contributed by atoms with Crippen LogP contribution in [-0.2, 0) is 0 Å². The number of fused-ring (bicyclic) bond motifs is 6. The number of nitrogens with zero attached hydrogens (tertiary/aromatic N) is 2. The number of para-hydroxylation sites is 2. The van der Waals surface area contributed by atoms with E-state index in [9.17, 15) is 0 Å². The van der Waals surface area contributed by atoms with Gasteiger partial charge in [-0.3, -0.25) is 0 Å². The Kier molecular flexibility index (Phi) is 4.82. The van der Waals surface area contributed by atoms with E-state index in [1.54, 1.807) is 0 Å². The van der Waals surface area contributed by atoms with Crippen molar-refractivity contribution in [2.24, 2.45) is 0 Å². The average Bonchev–Trinajstić information content (AvgIpc) is 3.21. The fraction of sp³-hybridized carbons (Fsp3) is 0.200. The molecular weight excluding hydrogens is 477 g/mol. The molecule has 0 amide bonds. The molecule has 0 bridgehead atoms. The topological polar surface area (TPSA) is 38.9 Å². The van der Waals surface area contributed by atoms with Crippen molar-refractivity contribution in [3.05, 3.63) is 78.6 Å². The first-order valence-corrected chi connectivity index (χ1v) is 19.3. The molecule has 0 saturated carbocycles. The third kappa shape index (κ3) is 3.25. The molecule has 4 aromatic carbocycles. The predicted molar refractivity (Wildman–Crippen MR) is 147 cm³/mol. The van der Waals surface area contributed by atoms with Gasteiger partial charge in [0.25, 0.3) is 0 Å². The first-order chi connectivity index (χ1) is 16.3. The standard InChI is InChI=1S/C30H28GeN2O/c1-18(2)30-32-27(23-13-9-12-21-20-11-6-7-15-25(20)34-29(21)23)22-17-16-19-10-8-14-24(31(3,4)5)26(19)28(22)33-30/h6-18H,1-5H3. The Labute approximate surface area is 202 Å². The third-order valence-electron chi connectivity index (χ3n) is 6.71. The van der Waals surface area contributed by atoms with Crippen molar-refractivity contribution in [3.8, 4) is 11.3 Å². The average molecular weight is 505 g/mol. The summed E-state index contributed by atoms with van der Waals surface area (Å²) in [6.45, 7) is 4.33. The summed E-state index contributed by atoms with van der Waals surface area (Å²) >= 11 is -2.16. The second-order valence-corrected chi connectivity index (χ2v) is 21.1. The normalized spacial score (nSPS) is 12.5. The summed E-state index contributed by atoms with van der Waals surface area (Å²) < 4.78 is 7.89. The Morgan fingerprint density at radius 3 is 2.29 bits per heavy atom. The van der Waals surface area contributed by atoms with Crippen LogP contribution in [0.25, 0.3) is 54.9 Å². The monoisotopic (exact) mass is 506 g/mol. The summed E-state index contributed by atoms with van der Waals surface area (Å²) in [7, 11) is 0. The molecule has 3 nitrogen and oxygen atoms in total. The molecule has 2 heterocycles. The van der Waals surface area contributed by atoms with Crippen LogP contribution >= 0.6 is 0 Å². The van der Waals surface area contributed by atoms with E-state index < -0.39 is 13.3 Å². The first-order valence-electron chi connectivity index (χ1n) is 12.0. The second-order valence-electron chi connectivity index (χ2n) is 10.5. The van der Waals surface area contributed by atoms with Gasteiger partial charge in [-0.05, 0) is 0 Å². The Bertz CT molecular complexity index is 1720. The van der Waals surface area contributed by atoms with Crippen LogP contribution in [0.5, 0.6) is 0 Å². The van der Waals surface area contributed by atoms with Crippen LogP contribution in [0.2, 0.25) is 17.3 Å². The minimum absolute atomic E-state index is 0.219. The Morgan fingerprint density at radius 2 is 1.50 bits per heavy atom. The number of rotatable bonds is 3. The molecule has 0 N–H and O–H groups in total. The first kappa shape index (κ1) is 21.4. The van der Waals surface area contributed by atoms with Gasteiger partial charge in [-0.25, -0.2) is 0 Å². The van der Waals surface area contributed by atoms with E-state index in [1.807, 2.05) is 12.1 Å². The molecule has 0 unspecified atom stereocenters. The van der Waals surface area contributed by atoms with Gasteiger partial charge in [0.2, 0.25) is 0 Å². The van der Waals surface area contributed by atoms with E-state index in [2.05, 4.69) is 91.8 Å². The van der Waals surface area contributed by atoms with Gasteiger partial charge in [-0.1, -0.05) is 0 Å². The number of hydrogen-bond donors (Lipinski definition) is 0. The van der Waals surface area contributed by atoms with E-state index >= 15 is 0 Å². The summed E-state index contributed by atoms with van der Waals surface area (Å²) in [6, 6.07) is 25.8. The number of furan rings is 1. The zero-order valence-corrected chi connectivity index (χ0v) is 22.4. The van der Waals surface area contributed by atoms with Gasteiger partial charge in [-0.15, -0.1) is 0 Å². The summed E-state index contributed by atoms with van der Waals surface area (Å²) in [5.74, 6) is 8.45. The van der Waals surface area contributed by atoms with Gasteiger partial charge in [0, 0.05) is 0 Å². The predicted octanol–water partition coefficient (Wildman–Crippen LogP) is 8.02. The maximum atomic E-state index is 6.40. The van der Waals surface area contributed by atoms with Gasteiger partial charge < -0.3 is 0 Å². The van der Waals surface area contributed by atoms with Crippen molar-refractivity contribution < 1.29 is 4.42 Å². The van der Waals surface area contributed by atoms with E-state index in [-0.39, 0.29) is 5.92 Å². The molecule has 0 atom stereocenters. The van der Waals surface area contributed by atoms with E-state index in [0.29, 0.717) is 0 Å². The van der Waals surface area contributed by atoms with Gasteiger partial charge >= 0.3 is 203 Å². The number of hydrogen-bond acceptors (Lipinski definition) is 3.